The van der Waals surface area contributed by atoms with Crippen molar-refractivity contribution < 1.29 is 9.15 Å². The number of furan rings is 1. The molecule has 156 valence electrons. The topological polar surface area (TPSA) is 71.1 Å². The molecule has 5 rings (SSSR count). The van der Waals surface area contributed by atoms with E-state index < -0.39 is 0 Å². The van der Waals surface area contributed by atoms with Crippen LogP contribution in [0.5, 0.6) is 5.75 Å². The maximum absolute atomic E-state index is 9.71. The first kappa shape index (κ1) is 20.1. The summed E-state index contributed by atoms with van der Waals surface area (Å²) in [6.45, 7) is 0. The van der Waals surface area contributed by atoms with Crippen molar-refractivity contribution in [3.63, 3.8) is 0 Å². The van der Waals surface area contributed by atoms with Crippen LogP contribution in [-0.4, -0.2) is 12.1 Å². The van der Waals surface area contributed by atoms with E-state index in [0.29, 0.717) is 27.0 Å². The molecule has 5 aromatic rings. The molecule has 32 heavy (non-hydrogen) atoms. The Morgan fingerprint density at radius 1 is 1.12 bits per heavy atom. The Morgan fingerprint density at radius 2 is 1.94 bits per heavy atom. The van der Waals surface area contributed by atoms with Crippen LogP contribution in [0.25, 0.3) is 38.8 Å². The van der Waals surface area contributed by atoms with Crippen molar-refractivity contribution in [2.24, 2.45) is 0 Å². The fraction of sp³-hybridized carbons (Fsp3) is 0.0400. The lowest BCUT2D eigenvalue weighted by Gasteiger charge is -2.08. The minimum Gasteiger partial charge on any atom is -0.495 e. The standard InChI is InChI=1S/C25H16ClN3O2S/c1-30-24-10-19-18-4-2-3-5-22(18)31-23(19)11-20(24)28-13-16(12-27)25-29-21(14-32-25)15-6-8-17(26)9-7-15/h2-11,13-14,28H,1H3/b16-13+. The fourth-order valence-corrected chi connectivity index (χ4v) is 4.40. The molecule has 0 atom stereocenters. The zero-order valence-corrected chi connectivity index (χ0v) is 18.5. The number of fused-ring (bicyclic) bond motifs is 3. The second-order valence-corrected chi connectivity index (χ2v) is 8.30. The summed E-state index contributed by atoms with van der Waals surface area (Å²) in [5.41, 5.74) is 4.40. The number of methoxy groups -OCH3 is 1. The molecule has 2 aromatic heterocycles. The lowest BCUT2D eigenvalue weighted by molar-refractivity contribution is 0.417. The van der Waals surface area contributed by atoms with Crippen LogP contribution in [0.3, 0.4) is 0 Å². The molecule has 5 nitrogen and oxygen atoms in total. The van der Waals surface area contributed by atoms with Gasteiger partial charge in [0.1, 0.15) is 33.6 Å². The van der Waals surface area contributed by atoms with E-state index in [1.807, 2.05) is 66.0 Å². The third-order valence-corrected chi connectivity index (χ3v) is 6.19. The number of thiazole rings is 1. The summed E-state index contributed by atoms with van der Waals surface area (Å²) in [5.74, 6) is 0.651. The van der Waals surface area contributed by atoms with Gasteiger partial charge in [0.2, 0.25) is 0 Å². The average molecular weight is 458 g/mol. The second-order valence-electron chi connectivity index (χ2n) is 7.01. The van der Waals surface area contributed by atoms with E-state index in [2.05, 4.69) is 16.4 Å². The molecule has 0 aliphatic rings. The van der Waals surface area contributed by atoms with E-state index in [1.54, 1.807) is 13.3 Å². The SMILES string of the molecule is COc1cc2c(cc1N/C=C(\C#N)c1nc(-c3ccc(Cl)cc3)cs1)oc1ccccc12. The van der Waals surface area contributed by atoms with Gasteiger partial charge in [-0.15, -0.1) is 11.3 Å². The number of halogens is 1. The van der Waals surface area contributed by atoms with E-state index >= 15 is 0 Å². The normalized spacial score (nSPS) is 11.6. The van der Waals surface area contributed by atoms with E-state index in [0.717, 1.165) is 33.2 Å². The van der Waals surface area contributed by atoms with Gasteiger partial charge in [-0.25, -0.2) is 4.98 Å². The van der Waals surface area contributed by atoms with Gasteiger partial charge in [0.05, 0.1) is 18.5 Å². The van der Waals surface area contributed by atoms with Crippen molar-refractivity contribution in [1.29, 1.82) is 5.26 Å². The minimum atomic E-state index is 0.418. The van der Waals surface area contributed by atoms with Gasteiger partial charge in [0, 0.05) is 39.0 Å². The average Bonchev–Trinajstić information content (AvgIpc) is 3.44. The molecule has 0 radical (unpaired) electrons. The lowest BCUT2D eigenvalue weighted by atomic mass is 10.1. The van der Waals surface area contributed by atoms with Gasteiger partial charge in [0.25, 0.3) is 0 Å². The molecule has 3 aromatic carbocycles. The summed E-state index contributed by atoms with van der Waals surface area (Å²) < 4.78 is 11.5. The Labute approximate surface area is 193 Å². The predicted octanol–water partition coefficient (Wildman–Crippen LogP) is 7.35. The molecule has 2 heterocycles. The smallest absolute Gasteiger partial charge is 0.143 e. The Morgan fingerprint density at radius 3 is 2.72 bits per heavy atom. The van der Waals surface area contributed by atoms with Gasteiger partial charge in [-0.3, -0.25) is 0 Å². The number of hydrogen-bond acceptors (Lipinski definition) is 6. The summed E-state index contributed by atoms with van der Waals surface area (Å²) in [6, 6.07) is 21.3. The zero-order valence-electron chi connectivity index (χ0n) is 16.9. The molecular weight excluding hydrogens is 442 g/mol. The number of nitriles is 1. The number of ether oxygens (including phenoxy) is 1. The first-order valence-corrected chi connectivity index (χ1v) is 11.0. The van der Waals surface area contributed by atoms with Crippen molar-refractivity contribution in [2.75, 3.05) is 12.4 Å². The highest BCUT2D eigenvalue weighted by Crippen LogP contribution is 2.36. The fourth-order valence-electron chi connectivity index (χ4n) is 3.48. The molecule has 1 N–H and O–H groups in total. The summed E-state index contributed by atoms with van der Waals surface area (Å²) in [7, 11) is 1.61. The van der Waals surface area contributed by atoms with Gasteiger partial charge >= 0.3 is 0 Å². The number of hydrogen-bond donors (Lipinski definition) is 1. The van der Waals surface area contributed by atoms with Crippen LogP contribution in [-0.2, 0) is 0 Å². The van der Waals surface area contributed by atoms with Crippen molar-refractivity contribution in [2.45, 2.75) is 0 Å². The van der Waals surface area contributed by atoms with Crippen molar-refractivity contribution in [1.82, 2.24) is 4.98 Å². The number of anilines is 1. The highest BCUT2D eigenvalue weighted by molar-refractivity contribution is 7.11. The summed E-state index contributed by atoms with van der Waals surface area (Å²) in [6.07, 6.45) is 1.64. The van der Waals surface area contributed by atoms with Gasteiger partial charge in [-0.05, 0) is 24.3 Å². The molecule has 0 saturated heterocycles. The second kappa shape index (κ2) is 8.39. The van der Waals surface area contributed by atoms with Crippen LogP contribution in [0.4, 0.5) is 5.69 Å². The summed E-state index contributed by atoms with van der Waals surface area (Å²) in [4.78, 5) is 4.61. The van der Waals surface area contributed by atoms with Crippen LogP contribution in [0.15, 0.2) is 76.7 Å². The quantitative estimate of drug-likeness (QED) is 0.279. The van der Waals surface area contributed by atoms with Gasteiger partial charge < -0.3 is 14.5 Å². The van der Waals surface area contributed by atoms with Crippen LogP contribution in [0.2, 0.25) is 5.02 Å². The molecule has 0 amide bonds. The monoisotopic (exact) mass is 457 g/mol. The first-order chi connectivity index (χ1) is 15.7. The number of nitrogens with zero attached hydrogens (tertiary/aromatic N) is 2. The highest BCUT2D eigenvalue weighted by atomic mass is 35.5. The minimum absolute atomic E-state index is 0.418. The Balaban J connectivity index is 1.47. The number of benzene rings is 3. The molecule has 0 spiro atoms. The first-order valence-electron chi connectivity index (χ1n) is 9.74. The molecule has 0 saturated carbocycles. The maximum atomic E-state index is 9.71. The van der Waals surface area contributed by atoms with E-state index in [4.69, 9.17) is 20.8 Å². The predicted molar refractivity (Wildman–Crippen MR) is 130 cm³/mol. The Hall–Kier alpha value is -3.79. The third-order valence-electron chi connectivity index (χ3n) is 5.07. The number of rotatable bonds is 5. The van der Waals surface area contributed by atoms with Crippen molar-refractivity contribution in [3.8, 4) is 23.1 Å². The third kappa shape index (κ3) is 3.69. The number of allylic oxidation sites excluding steroid dienone is 1. The van der Waals surface area contributed by atoms with Gasteiger partial charge in [-0.1, -0.05) is 41.9 Å². The maximum Gasteiger partial charge on any atom is 0.143 e. The lowest BCUT2D eigenvalue weighted by Crippen LogP contribution is -1.95. The molecule has 0 fully saturated rings. The summed E-state index contributed by atoms with van der Waals surface area (Å²) in [5, 5.41) is 18.1. The Kier molecular flexibility index (Phi) is 5.28. The van der Waals surface area contributed by atoms with Crippen LogP contribution < -0.4 is 10.1 Å². The van der Waals surface area contributed by atoms with Crippen LogP contribution in [0.1, 0.15) is 5.01 Å². The van der Waals surface area contributed by atoms with E-state index in [9.17, 15) is 5.26 Å². The van der Waals surface area contributed by atoms with E-state index in [-0.39, 0.29) is 0 Å². The van der Waals surface area contributed by atoms with E-state index in [1.165, 1.54) is 11.3 Å². The number of nitrogens with one attached hydrogen (secondary N) is 1. The molecule has 0 unspecified atom stereocenters. The molecule has 0 aliphatic carbocycles. The number of aromatic nitrogens is 1. The van der Waals surface area contributed by atoms with Gasteiger partial charge in [-0.2, -0.15) is 5.26 Å². The van der Waals surface area contributed by atoms with Gasteiger partial charge in [0.15, 0.2) is 0 Å². The zero-order chi connectivity index (χ0) is 22.1. The van der Waals surface area contributed by atoms with Crippen LogP contribution >= 0.6 is 22.9 Å². The molecule has 0 bridgehead atoms. The van der Waals surface area contributed by atoms with Crippen molar-refractivity contribution >= 4 is 56.1 Å². The summed E-state index contributed by atoms with van der Waals surface area (Å²) >= 11 is 7.37. The molecule has 0 aliphatic heterocycles. The molecular formula is C25H16ClN3O2S. The van der Waals surface area contributed by atoms with Crippen LogP contribution in [0, 0.1) is 11.3 Å². The van der Waals surface area contributed by atoms with Crippen molar-refractivity contribution in [3.05, 3.63) is 82.3 Å². The highest BCUT2D eigenvalue weighted by Gasteiger charge is 2.13. The Bertz CT molecular complexity index is 1510. The molecule has 7 heteroatoms. The number of para-hydroxylation sites is 1. The largest absolute Gasteiger partial charge is 0.495 e.